The topological polar surface area (TPSA) is 113 Å². The summed E-state index contributed by atoms with van der Waals surface area (Å²) >= 11 is 0. The van der Waals surface area contributed by atoms with Crippen LogP contribution in [0.2, 0.25) is 0 Å². The molecule has 0 bridgehead atoms. The van der Waals surface area contributed by atoms with Gasteiger partial charge in [0, 0.05) is 23.1 Å². The zero-order chi connectivity index (χ0) is 23.2. The first-order valence-electron chi connectivity index (χ1n) is 10.1. The number of nitro benzene ring substituents is 1. The Bertz CT molecular complexity index is 1530. The van der Waals surface area contributed by atoms with Crippen molar-refractivity contribution >= 4 is 26.3 Å². The lowest BCUT2D eigenvalue weighted by molar-refractivity contribution is -0.384. The van der Waals surface area contributed by atoms with Gasteiger partial charge in [-0.1, -0.05) is 66.7 Å². The average molecular weight is 458 g/mol. The lowest BCUT2D eigenvalue weighted by Crippen LogP contribution is -2.26. The molecule has 1 heterocycles. The van der Waals surface area contributed by atoms with Crippen LogP contribution in [0.1, 0.15) is 17.0 Å². The Morgan fingerprint density at radius 1 is 0.848 bits per heavy atom. The minimum absolute atomic E-state index is 0.0858. The van der Waals surface area contributed by atoms with Gasteiger partial charge in [-0.25, -0.2) is 8.42 Å². The standard InChI is InChI=1S/C25H18N2O5S/c26-25-24(33(30,31)19-7-2-1-3-8-19)22(17-10-13-18(14-11-17)27(28)29)21-15-12-16-6-4-5-9-20(16)23(21)32-25/h1-15,22H,26H2. The van der Waals surface area contributed by atoms with Gasteiger partial charge in [0.25, 0.3) is 5.69 Å². The Morgan fingerprint density at radius 3 is 2.21 bits per heavy atom. The first kappa shape index (κ1) is 20.7. The van der Waals surface area contributed by atoms with Crippen LogP contribution in [0.5, 0.6) is 5.75 Å². The molecule has 2 N–H and O–H groups in total. The predicted octanol–water partition coefficient (Wildman–Crippen LogP) is 4.87. The highest BCUT2D eigenvalue weighted by Gasteiger charge is 2.39. The summed E-state index contributed by atoms with van der Waals surface area (Å²) in [7, 11) is -4.04. The first-order valence-corrected chi connectivity index (χ1v) is 11.6. The molecule has 0 saturated carbocycles. The monoisotopic (exact) mass is 458 g/mol. The minimum atomic E-state index is -4.04. The number of sulfone groups is 1. The van der Waals surface area contributed by atoms with E-state index >= 15 is 0 Å². The fourth-order valence-corrected chi connectivity index (χ4v) is 5.83. The highest BCUT2D eigenvalue weighted by molar-refractivity contribution is 7.95. The van der Waals surface area contributed by atoms with Crippen LogP contribution in [0, 0.1) is 10.1 Å². The number of ether oxygens (including phenoxy) is 1. The van der Waals surface area contributed by atoms with E-state index < -0.39 is 20.7 Å². The Labute approximate surface area is 189 Å². The van der Waals surface area contributed by atoms with Crippen molar-refractivity contribution in [3.05, 3.63) is 123 Å². The number of rotatable bonds is 4. The van der Waals surface area contributed by atoms with E-state index in [0.29, 0.717) is 16.9 Å². The van der Waals surface area contributed by atoms with Crippen molar-refractivity contribution in [3.8, 4) is 5.75 Å². The smallest absolute Gasteiger partial charge is 0.269 e. The molecular formula is C25H18N2O5S. The first-order chi connectivity index (χ1) is 15.9. The molecule has 33 heavy (non-hydrogen) atoms. The molecule has 0 saturated heterocycles. The predicted molar refractivity (Wildman–Crippen MR) is 124 cm³/mol. The van der Waals surface area contributed by atoms with Gasteiger partial charge >= 0.3 is 0 Å². The maximum atomic E-state index is 13.7. The second kappa shape index (κ2) is 7.75. The van der Waals surface area contributed by atoms with Gasteiger partial charge in [0.05, 0.1) is 15.7 Å². The van der Waals surface area contributed by atoms with Crippen LogP contribution in [-0.4, -0.2) is 13.3 Å². The Kier molecular flexibility index (Phi) is 4.87. The van der Waals surface area contributed by atoms with Gasteiger partial charge < -0.3 is 10.5 Å². The number of nitrogens with two attached hydrogens (primary N) is 1. The molecule has 7 nitrogen and oxygen atoms in total. The highest BCUT2D eigenvalue weighted by Crippen LogP contribution is 2.48. The quantitative estimate of drug-likeness (QED) is 0.345. The largest absolute Gasteiger partial charge is 0.440 e. The van der Waals surface area contributed by atoms with E-state index in [0.717, 1.165) is 10.8 Å². The number of fused-ring (bicyclic) bond motifs is 3. The Morgan fingerprint density at radius 2 is 1.52 bits per heavy atom. The second-order valence-corrected chi connectivity index (χ2v) is 9.55. The van der Waals surface area contributed by atoms with Gasteiger partial charge in [-0.3, -0.25) is 10.1 Å². The Hall–Kier alpha value is -4.17. The van der Waals surface area contributed by atoms with Crippen molar-refractivity contribution in [1.29, 1.82) is 0 Å². The van der Waals surface area contributed by atoms with E-state index in [-0.39, 0.29) is 21.4 Å². The summed E-state index contributed by atoms with van der Waals surface area (Å²) in [6.07, 6.45) is 0. The summed E-state index contributed by atoms with van der Waals surface area (Å²) in [5.41, 5.74) is 7.37. The van der Waals surface area contributed by atoms with Gasteiger partial charge in [0.15, 0.2) is 0 Å². The van der Waals surface area contributed by atoms with Crippen molar-refractivity contribution in [3.63, 3.8) is 0 Å². The van der Waals surface area contributed by atoms with E-state index in [9.17, 15) is 18.5 Å². The molecule has 164 valence electrons. The molecule has 1 aliphatic rings. The molecule has 0 spiro atoms. The number of nitro groups is 1. The van der Waals surface area contributed by atoms with Crippen molar-refractivity contribution in [1.82, 2.24) is 0 Å². The van der Waals surface area contributed by atoms with E-state index in [1.54, 1.807) is 30.3 Å². The van der Waals surface area contributed by atoms with Crippen LogP contribution in [0.3, 0.4) is 0 Å². The summed E-state index contributed by atoms with van der Waals surface area (Å²) in [6, 6.07) is 25.1. The second-order valence-electron chi connectivity index (χ2n) is 7.63. The zero-order valence-electron chi connectivity index (χ0n) is 17.2. The summed E-state index contributed by atoms with van der Waals surface area (Å²) in [4.78, 5) is 10.6. The van der Waals surface area contributed by atoms with Gasteiger partial charge in [0.2, 0.25) is 15.7 Å². The molecular weight excluding hydrogens is 440 g/mol. The van der Waals surface area contributed by atoms with Crippen molar-refractivity contribution in [2.24, 2.45) is 5.73 Å². The molecule has 1 unspecified atom stereocenters. The van der Waals surface area contributed by atoms with Crippen LogP contribution in [-0.2, 0) is 9.84 Å². The highest BCUT2D eigenvalue weighted by atomic mass is 32.2. The molecule has 0 radical (unpaired) electrons. The maximum Gasteiger partial charge on any atom is 0.269 e. The van der Waals surface area contributed by atoms with E-state index in [2.05, 4.69) is 0 Å². The van der Waals surface area contributed by atoms with Gasteiger partial charge in [-0.2, -0.15) is 0 Å². The normalized spacial score (nSPS) is 15.7. The summed E-state index contributed by atoms with van der Waals surface area (Å²) in [5.74, 6) is -0.545. The van der Waals surface area contributed by atoms with Gasteiger partial charge in [0.1, 0.15) is 10.7 Å². The number of nitrogens with zero attached hydrogens (tertiary/aromatic N) is 1. The van der Waals surface area contributed by atoms with Gasteiger partial charge in [-0.15, -0.1) is 0 Å². The lowest BCUT2D eigenvalue weighted by atomic mass is 9.87. The van der Waals surface area contributed by atoms with Crippen LogP contribution in [0.25, 0.3) is 10.8 Å². The summed E-state index contributed by atoms with van der Waals surface area (Å²) < 4.78 is 33.4. The SMILES string of the molecule is NC1=C(S(=O)(=O)c2ccccc2)C(c2ccc([N+](=O)[O-])cc2)c2ccc3ccccc3c2O1. The molecule has 4 aromatic rings. The fourth-order valence-electron chi connectivity index (χ4n) is 4.18. The van der Waals surface area contributed by atoms with E-state index in [1.807, 2.05) is 36.4 Å². The van der Waals surface area contributed by atoms with Crippen molar-refractivity contribution in [2.45, 2.75) is 10.8 Å². The number of hydrogen-bond acceptors (Lipinski definition) is 6. The summed E-state index contributed by atoms with van der Waals surface area (Å²) in [5, 5.41) is 12.9. The van der Waals surface area contributed by atoms with Crippen LogP contribution in [0.4, 0.5) is 5.69 Å². The third-order valence-electron chi connectivity index (χ3n) is 5.72. The molecule has 8 heteroatoms. The van der Waals surface area contributed by atoms with E-state index in [4.69, 9.17) is 10.5 Å². The fraction of sp³-hybridized carbons (Fsp3) is 0.0400. The van der Waals surface area contributed by atoms with Crippen LogP contribution in [0.15, 0.2) is 107 Å². The van der Waals surface area contributed by atoms with Crippen LogP contribution >= 0.6 is 0 Å². The third kappa shape index (κ3) is 3.41. The molecule has 0 aromatic heterocycles. The molecule has 0 fully saturated rings. The lowest BCUT2D eigenvalue weighted by Gasteiger charge is -2.30. The van der Waals surface area contributed by atoms with Crippen molar-refractivity contribution < 1.29 is 18.1 Å². The number of hydrogen-bond donors (Lipinski definition) is 1. The molecule has 1 atom stereocenters. The molecule has 5 rings (SSSR count). The molecule has 4 aromatic carbocycles. The summed E-state index contributed by atoms with van der Waals surface area (Å²) in [6.45, 7) is 0. The molecule has 0 amide bonds. The van der Waals surface area contributed by atoms with E-state index in [1.165, 1.54) is 24.3 Å². The number of benzene rings is 4. The third-order valence-corrected chi connectivity index (χ3v) is 7.63. The number of non-ortho nitro benzene ring substituents is 1. The molecule has 1 aliphatic heterocycles. The average Bonchev–Trinajstić information content (AvgIpc) is 2.83. The minimum Gasteiger partial charge on any atom is -0.440 e. The number of allylic oxidation sites excluding steroid dienone is 1. The zero-order valence-corrected chi connectivity index (χ0v) is 18.0. The Balaban J connectivity index is 1.79. The maximum absolute atomic E-state index is 13.7. The van der Waals surface area contributed by atoms with Crippen LogP contribution < -0.4 is 10.5 Å². The molecule has 0 aliphatic carbocycles. The van der Waals surface area contributed by atoms with Crippen molar-refractivity contribution in [2.75, 3.05) is 0 Å². The van der Waals surface area contributed by atoms with Gasteiger partial charge in [-0.05, 0) is 23.1 Å².